The van der Waals surface area contributed by atoms with E-state index < -0.39 is 6.29 Å². The lowest BCUT2D eigenvalue weighted by Crippen LogP contribution is -2.56. The number of anilines is 1. The molecule has 1 amide bonds. The molecule has 0 aliphatic carbocycles. The fourth-order valence-corrected chi connectivity index (χ4v) is 3.57. The fourth-order valence-electron chi connectivity index (χ4n) is 3.57. The molecule has 2 aromatic carbocycles. The van der Waals surface area contributed by atoms with Crippen LogP contribution in [0.3, 0.4) is 0 Å². The number of fused-ring (bicyclic) bond motifs is 1. The minimum Gasteiger partial charge on any atom is -0.497 e. The zero-order valence-electron chi connectivity index (χ0n) is 17.0. The highest BCUT2D eigenvalue weighted by atomic mass is 16.5. The minimum absolute atomic E-state index is 0.0361. The molecule has 7 heteroatoms. The van der Waals surface area contributed by atoms with Crippen LogP contribution >= 0.6 is 0 Å². The number of benzene rings is 2. The second kappa shape index (κ2) is 7.67. The molecule has 2 unspecified atom stereocenters. The van der Waals surface area contributed by atoms with Crippen LogP contribution in [-0.4, -0.2) is 29.3 Å². The van der Waals surface area contributed by atoms with Gasteiger partial charge < -0.3 is 15.4 Å². The molecule has 7 nitrogen and oxygen atoms in total. The first kappa shape index (κ1) is 19.1. The first-order chi connectivity index (χ1) is 13.9. The van der Waals surface area contributed by atoms with Gasteiger partial charge in [-0.25, -0.2) is 9.97 Å². The summed E-state index contributed by atoms with van der Waals surface area (Å²) in [7, 11) is 1.63. The smallest absolute Gasteiger partial charge is 0.226 e. The number of rotatable bonds is 4. The summed E-state index contributed by atoms with van der Waals surface area (Å²) in [6.45, 7) is 6.12. The van der Waals surface area contributed by atoms with Crippen molar-refractivity contribution >= 4 is 22.8 Å². The molecule has 0 spiro atoms. The molecule has 1 fully saturated rings. The Balaban J connectivity index is 1.56. The van der Waals surface area contributed by atoms with Crippen LogP contribution in [0.15, 0.2) is 36.4 Å². The van der Waals surface area contributed by atoms with Crippen molar-refractivity contribution < 1.29 is 9.53 Å². The minimum atomic E-state index is -0.466. The van der Waals surface area contributed by atoms with Crippen molar-refractivity contribution in [1.29, 1.82) is 0 Å². The molecule has 3 N–H and O–H groups in total. The van der Waals surface area contributed by atoms with E-state index in [0.717, 1.165) is 27.9 Å². The molecule has 1 aliphatic heterocycles. The van der Waals surface area contributed by atoms with Crippen LogP contribution in [0.5, 0.6) is 5.75 Å². The zero-order chi connectivity index (χ0) is 20.5. The molecule has 0 bridgehead atoms. The number of carbonyl (C=O) groups is 1. The predicted octanol–water partition coefficient (Wildman–Crippen LogP) is 3.11. The Morgan fingerprint density at radius 1 is 1.07 bits per heavy atom. The van der Waals surface area contributed by atoms with Crippen LogP contribution in [-0.2, 0) is 4.79 Å². The first-order valence-electron chi connectivity index (χ1n) is 9.64. The molecule has 1 aromatic heterocycles. The Morgan fingerprint density at radius 3 is 2.52 bits per heavy atom. The summed E-state index contributed by atoms with van der Waals surface area (Å²) in [5, 5.41) is 10.6. The molecule has 4 rings (SSSR count). The fraction of sp³-hybridized carbons (Fsp3) is 0.318. The number of hydrogen-bond acceptors (Lipinski definition) is 6. The van der Waals surface area contributed by atoms with Gasteiger partial charge in [0.15, 0.2) is 6.29 Å². The van der Waals surface area contributed by atoms with Crippen LogP contribution in [0, 0.1) is 20.8 Å². The van der Waals surface area contributed by atoms with Gasteiger partial charge in [-0.1, -0.05) is 12.1 Å². The number of methoxy groups -OCH3 is 1. The van der Waals surface area contributed by atoms with Crippen LogP contribution in [0.4, 0.5) is 5.95 Å². The van der Waals surface area contributed by atoms with Crippen molar-refractivity contribution in [3.05, 3.63) is 58.8 Å². The van der Waals surface area contributed by atoms with Gasteiger partial charge in [-0.05, 0) is 61.7 Å². The molecular weight excluding hydrogens is 366 g/mol. The monoisotopic (exact) mass is 391 g/mol. The molecular formula is C22H25N5O2. The van der Waals surface area contributed by atoms with E-state index in [1.807, 2.05) is 31.2 Å². The summed E-state index contributed by atoms with van der Waals surface area (Å²) in [6.07, 6.45) is -0.104. The topological polar surface area (TPSA) is 88.2 Å². The number of ether oxygens (including phenoxy) is 1. The van der Waals surface area contributed by atoms with E-state index in [4.69, 9.17) is 4.74 Å². The van der Waals surface area contributed by atoms with Crippen molar-refractivity contribution in [2.45, 2.75) is 39.5 Å². The highest BCUT2D eigenvalue weighted by molar-refractivity contribution is 5.83. The first-order valence-corrected chi connectivity index (χ1v) is 9.64. The number of nitrogens with zero attached hydrogens (tertiary/aromatic N) is 2. The maximum absolute atomic E-state index is 12.3. The maximum Gasteiger partial charge on any atom is 0.226 e. The number of carbonyl (C=O) groups excluding carboxylic acids is 1. The normalized spacial score (nSPS) is 19.1. The summed E-state index contributed by atoms with van der Waals surface area (Å²) < 4.78 is 5.21. The van der Waals surface area contributed by atoms with Gasteiger partial charge in [-0.15, -0.1) is 0 Å². The summed E-state index contributed by atoms with van der Waals surface area (Å²) >= 11 is 0. The van der Waals surface area contributed by atoms with Crippen LogP contribution < -0.4 is 20.7 Å². The van der Waals surface area contributed by atoms with Crippen molar-refractivity contribution in [2.24, 2.45) is 0 Å². The SMILES string of the molecule is COc1ccc(C2CC(=O)NC(Nc3nc(C)c4cc(C)c(C)cc4n3)N2)cc1. The van der Waals surface area contributed by atoms with Crippen LogP contribution in [0.25, 0.3) is 10.9 Å². The lowest BCUT2D eigenvalue weighted by Gasteiger charge is -2.32. The average molecular weight is 391 g/mol. The highest BCUT2D eigenvalue weighted by Crippen LogP contribution is 2.24. The van der Waals surface area contributed by atoms with Gasteiger partial charge in [-0.3, -0.25) is 10.1 Å². The van der Waals surface area contributed by atoms with Gasteiger partial charge >= 0.3 is 0 Å². The third-order valence-electron chi connectivity index (χ3n) is 5.36. The zero-order valence-corrected chi connectivity index (χ0v) is 17.0. The molecule has 1 saturated heterocycles. The van der Waals surface area contributed by atoms with Gasteiger partial charge in [0.05, 0.1) is 18.3 Å². The van der Waals surface area contributed by atoms with Crippen LogP contribution in [0.1, 0.15) is 34.8 Å². The number of amides is 1. The quantitative estimate of drug-likeness (QED) is 0.633. The van der Waals surface area contributed by atoms with E-state index in [9.17, 15) is 4.79 Å². The standard InChI is InChI=1S/C22H25N5O2/c1-12-9-17-14(3)23-21(25-19(17)10-13(12)2)27-22-24-18(11-20(28)26-22)15-5-7-16(29-4)8-6-15/h5-10,18,22,24H,11H2,1-4H3,(H,26,28)(H,23,25,27). The Bertz CT molecular complexity index is 1060. The second-order valence-electron chi connectivity index (χ2n) is 7.43. The van der Waals surface area contributed by atoms with E-state index in [1.165, 1.54) is 11.1 Å². The van der Waals surface area contributed by atoms with Gasteiger partial charge in [0.25, 0.3) is 0 Å². The van der Waals surface area contributed by atoms with E-state index in [-0.39, 0.29) is 11.9 Å². The molecule has 2 atom stereocenters. The third-order valence-corrected chi connectivity index (χ3v) is 5.36. The number of hydrogen-bond donors (Lipinski definition) is 3. The molecule has 150 valence electrons. The highest BCUT2D eigenvalue weighted by Gasteiger charge is 2.27. The van der Waals surface area contributed by atoms with Gasteiger partial charge in [0.2, 0.25) is 11.9 Å². The molecule has 1 aliphatic rings. The summed E-state index contributed by atoms with van der Waals surface area (Å²) in [6, 6.07) is 11.8. The Morgan fingerprint density at radius 2 is 1.79 bits per heavy atom. The van der Waals surface area contributed by atoms with Gasteiger partial charge in [0.1, 0.15) is 5.75 Å². The lowest BCUT2D eigenvalue weighted by atomic mass is 10.0. The van der Waals surface area contributed by atoms with E-state index in [1.54, 1.807) is 7.11 Å². The van der Waals surface area contributed by atoms with E-state index in [2.05, 4.69) is 51.9 Å². The van der Waals surface area contributed by atoms with Gasteiger partial charge in [0, 0.05) is 17.8 Å². The summed E-state index contributed by atoms with van der Waals surface area (Å²) in [5.74, 6) is 1.23. The van der Waals surface area contributed by atoms with E-state index in [0.29, 0.717) is 12.4 Å². The van der Waals surface area contributed by atoms with E-state index >= 15 is 0 Å². The van der Waals surface area contributed by atoms with Crippen LogP contribution in [0.2, 0.25) is 0 Å². The summed E-state index contributed by atoms with van der Waals surface area (Å²) in [4.78, 5) is 21.5. The number of aryl methyl sites for hydroxylation is 3. The average Bonchev–Trinajstić information content (AvgIpc) is 2.69. The number of nitrogens with one attached hydrogen (secondary N) is 3. The third kappa shape index (κ3) is 4.00. The second-order valence-corrected chi connectivity index (χ2v) is 7.43. The number of aromatic nitrogens is 2. The largest absolute Gasteiger partial charge is 0.497 e. The van der Waals surface area contributed by atoms with Crippen molar-refractivity contribution in [3.8, 4) is 5.75 Å². The van der Waals surface area contributed by atoms with Crippen molar-refractivity contribution in [3.63, 3.8) is 0 Å². The molecule has 0 radical (unpaired) electrons. The van der Waals surface area contributed by atoms with Crippen molar-refractivity contribution in [2.75, 3.05) is 12.4 Å². The Kier molecular flexibility index (Phi) is 5.07. The van der Waals surface area contributed by atoms with Gasteiger partial charge in [-0.2, -0.15) is 0 Å². The summed E-state index contributed by atoms with van der Waals surface area (Å²) in [5.41, 5.74) is 5.21. The van der Waals surface area contributed by atoms with Crippen molar-refractivity contribution in [1.82, 2.24) is 20.6 Å². The lowest BCUT2D eigenvalue weighted by molar-refractivity contribution is -0.124. The molecule has 0 saturated carbocycles. The molecule has 3 aromatic rings. The Labute approximate surface area is 169 Å². The Hall–Kier alpha value is -3.19. The predicted molar refractivity (Wildman–Crippen MR) is 113 cm³/mol. The maximum atomic E-state index is 12.3. The molecule has 2 heterocycles. The molecule has 29 heavy (non-hydrogen) atoms.